The van der Waals surface area contributed by atoms with E-state index in [0.717, 1.165) is 15.0 Å². The molecule has 0 bridgehead atoms. The van der Waals surface area contributed by atoms with Gasteiger partial charge in [0.2, 0.25) is 0 Å². The molecule has 0 aromatic rings. The summed E-state index contributed by atoms with van der Waals surface area (Å²) in [7, 11) is 0.0602. The van der Waals surface area contributed by atoms with E-state index in [1.807, 2.05) is 0 Å². The van der Waals surface area contributed by atoms with Gasteiger partial charge in [-0.1, -0.05) is 21.7 Å². The maximum atomic E-state index is 4.99. The molecule has 1 heterocycles. The zero-order chi connectivity index (χ0) is 5.28. The molecular formula is C3H4S4. The normalized spacial score (nSPS) is 31.4. The third-order valence-electron chi connectivity index (χ3n) is 0.675. The molecule has 1 saturated heterocycles. The Kier molecular flexibility index (Phi) is 2.21. The van der Waals surface area contributed by atoms with E-state index >= 15 is 0 Å². The molecular weight excluding hydrogens is 164 g/mol. The molecule has 0 nitrogen and oxygen atoms in total. The molecule has 4 heteroatoms. The van der Waals surface area contributed by atoms with Crippen LogP contribution >= 0.6 is 24.0 Å². The summed E-state index contributed by atoms with van der Waals surface area (Å²) < 4.78 is 1.05. The number of hydrogen-bond donors (Lipinski definition) is 0. The zero-order valence-electron chi connectivity index (χ0n) is 3.55. The first-order valence-corrected chi connectivity index (χ1v) is 5.57. The summed E-state index contributed by atoms with van der Waals surface area (Å²) in [5.41, 5.74) is 0. The maximum Gasteiger partial charge on any atom is 0.108 e. The van der Waals surface area contributed by atoms with Gasteiger partial charge in [0.25, 0.3) is 0 Å². The van der Waals surface area contributed by atoms with Gasteiger partial charge < -0.3 is 0 Å². The summed E-state index contributed by atoms with van der Waals surface area (Å²) in [6.07, 6.45) is 0. The second-order valence-electron chi connectivity index (χ2n) is 1.15. The third kappa shape index (κ3) is 1.45. The van der Waals surface area contributed by atoms with Gasteiger partial charge in [-0.15, -0.1) is 11.8 Å². The van der Waals surface area contributed by atoms with Crippen LogP contribution in [0.3, 0.4) is 0 Å². The fourth-order valence-electron chi connectivity index (χ4n) is 0.350. The lowest BCUT2D eigenvalue weighted by Crippen LogP contribution is -1.90. The highest BCUT2D eigenvalue weighted by atomic mass is 32.8. The number of rotatable bonds is 0. The Balaban J connectivity index is 2.65. The fraction of sp³-hybridized carbons (Fsp3) is 0.667. The highest BCUT2D eigenvalue weighted by molar-refractivity contribution is 8.57. The van der Waals surface area contributed by atoms with Crippen molar-refractivity contribution in [3.8, 4) is 0 Å². The molecule has 0 amide bonds. The molecule has 1 aliphatic heterocycles. The molecule has 0 aromatic carbocycles. The van der Waals surface area contributed by atoms with Crippen LogP contribution in [0.2, 0.25) is 0 Å². The van der Waals surface area contributed by atoms with Crippen molar-refractivity contribution < 1.29 is 0 Å². The predicted molar refractivity (Wildman–Crippen MR) is 44.7 cm³/mol. The summed E-state index contributed by atoms with van der Waals surface area (Å²) in [6, 6.07) is 0. The van der Waals surface area contributed by atoms with Crippen molar-refractivity contribution in [1.82, 2.24) is 0 Å². The topological polar surface area (TPSA) is 0 Å². The molecule has 1 atom stereocenters. The lowest BCUT2D eigenvalue weighted by molar-refractivity contribution is 1.58. The summed E-state index contributed by atoms with van der Waals surface area (Å²) in [5, 5.41) is 0. The van der Waals surface area contributed by atoms with Crippen molar-refractivity contribution in [2.24, 2.45) is 0 Å². The van der Waals surface area contributed by atoms with Crippen LogP contribution in [-0.4, -0.2) is 15.0 Å². The highest BCUT2D eigenvalue weighted by Crippen LogP contribution is 2.16. The number of hydrogen-bond acceptors (Lipinski definition) is 3. The largest absolute Gasteiger partial charge is 0.108 e. The lowest BCUT2D eigenvalue weighted by atomic mass is 11.0. The Morgan fingerprint density at radius 1 is 1.71 bits per heavy atom. The Labute approximate surface area is 59.6 Å². The smallest absolute Gasteiger partial charge is 0.107 e. The molecule has 0 aliphatic carbocycles. The summed E-state index contributed by atoms with van der Waals surface area (Å²) >= 11 is 11.6. The predicted octanol–water partition coefficient (Wildman–Crippen LogP) is 1.10. The van der Waals surface area contributed by atoms with Gasteiger partial charge in [0.15, 0.2) is 0 Å². The standard InChI is InChI=1S/C3H4S4/c4-3-6-1-2-7(3)5/h1-2H2. The van der Waals surface area contributed by atoms with Crippen LogP contribution in [0.25, 0.3) is 0 Å². The maximum absolute atomic E-state index is 4.99. The van der Waals surface area contributed by atoms with Crippen LogP contribution in [0.1, 0.15) is 0 Å². The second kappa shape index (κ2) is 2.53. The van der Waals surface area contributed by atoms with Gasteiger partial charge in [-0.3, -0.25) is 0 Å². The van der Waals surface area contributed by atoms with Crippen molar-refractivity contribution in [2.45, 2.75) is 0 Å². The van der Waals surface area contributed by atoms with Crippen molar-refractivity contribution in [3.05, 3.63) is 0 Å². The van der Waals surface area contributed by atoms with E-state index in [2.05, 4.69) is 0 Å². The summed E-state index contributed by atoms with van der Waals surface area (Å²) in [4.78, 5) is 0. The van der Waals surface area contributed by atoms with Gasteiger partial charge >= 0.3 is 0 Å². The monoisotopic (exact) mass is 168 g/mol. The number of thiocarbonyl (C=S) groups is 1. The fourth-order valence-corrected chi connectivity index (χ4v) is 4.19. The average Bonchev–Trinajstić information content (AvgIpc) is 1.91. The van der Waals surface area contributed by atoms with Crippen LogP contribution in [0.4, 0.5) is 0 Å². The quantitative estimate of drug-likeness (QED) is 0.497. The van der Waals surface area contributed by atoms with Crippen LogP contribution < -0.4 is 0 Å². The average molecular weight is 168 g/mol. The van der Waals surface area contributed by atoms with Crippen molar-refractivity contribution in [2.75, 3.05) is 11.5 Å². The van der Waals surface area contributed by atoms with Crippen molar-refractivity contribution in [3.63, 3.8) is 0 Å². The van der Waals surface area contributed by atoms with Crippen LogP contribution in [0.15, 0.2) is 0 Å². The molecule has 1 rings (SSSR count). The van der Waals surface area contributed by atoms with Gasteiger partial charge in [-0.25, -0.2) is 0 Å². The van der Waals surface area contributed by atoms with Gasteiger partial charge in [0, 0.05) is 11.5 Å². The number of thioether (sulfide) groups is 1. The van der Waals surface area contributed by atoms with Gasteiger partial charge in [-0.05, 0) is 11.2 Å². The molecule has 0 radical (unpaired) electrons. The minimum absolute atomic E-state index is 0.0602. The third-order valence-corrected chi connectivity index (χ3v) is 6.07. The Morgan fingerprint density at radius 3 is 2.57 bits per heavy atom. The zero-order valence-corrected chi connectivity index (χ0v) is 6.81. The summed E-state index contributed by atoms with van der Waals surface area (Å²) in [6.45, 7) is 0. The minimum Gasteiger partial charge on any atom is -0.107 e. The van der Waals surface area contributed by atoms with E-state index in [0.29, 0.717) is 0 Å². The van der Waals surface area contributed by atoms with E-state index in [1.165, 1.54) is 0 Å². The van der Waals surface area contributed by atoms with Crippen LogP contribution in [0.5, 0.6) is 0 Å². The summed E-state index contributed by atoms with van der Waals surface area (Å²) in [5.74, 6) is 2.30. The van der Waals surface area contributed by atoms with E-state index in [9.17, 15) is 0 Å². The molecule has 7 heavy (non-hydrogen) atoms. The van der Waals surface area contributed by atoms with E-state index < -0.39 is 0 Å². The van der Waals surface area contributed by atoms with Crippen LogP contribution in [0, 0.1) is 0 Å². The molecule has 1 unspecified atom stereocenters. The minimum atomic E-state index is 0.0602. The molecule has 0 spiro atoms. The SMILES string of the molecule is S=C1SCCS1=S. The molecule has 40 valence electrons. The van der Waals surface area contributed by atoms with Gasteiger partial charge in [-0.2, -0.15) is 0 Å². The molecule has 0 saturated carbocycles. The van der Waals surface area contributed by atoms with Crippen molar-refractivity contribution in [1.29, 1.82) is 0 Å². The first kappa shape index (κ1) is 6.13. The van der Waals surface area contributed by atoms with E-state index in [-0.39, 0.29) is 9.45 Å². The molecule has 0 aromatic heterocycles. The lowest BCUT2D eigenvalue weighted by Gasteiger charge is -1.83. The van der Waals surface area contributed by atoms with Gasteiger partial charge in [0.1, 0.15) is 3.53 Å². The molecule has 1 fully saturated rings. The Bertz CT molecular complexity index is 102. The molecule has 1 aliphatic rings. The first-order valence-electron chi connectivity index (χ1n) is 1.86. The molecule has 0 N–H and O–H groups in total. The highest BCUT2D eigenvalue weighted by Gasteiger charge is 2.10. The van der Waals surface area contributed by atoms with Crippen LogP contribution in [-0.2, 0) is 20.6 Å². The Hall–Kier alpha value is 1.01. The second-order valence-corrected chi connectivity index (χ2v) is 6.15. The van der Waals surface area contributed by atoms with Crippen molar-refractivity contribution >= 4 is 48.2 Å². The first-order chi connectivity index (χ1) is 3.30. The van der Waals surface area contributed by atoms with E-state index in [4.69, 9.17) is 23.4 Å². The van der Waals surface area contributed by atoms with E-state index in [1.54, 1.807) is 11.8 Å². The Morgan fingerprint density at radius 2 is 2.43 bits per heavy atom. The van der Waals surface area contributed by atoms with Gasteiger partial charge in [0.05, 0.1) is 0 Å².